The van der Waals surface area contributed by atoms with Crippen molar-refractivity contribution >= 4 is 44.6 Å². The standard InChI is InChI=1S/C18H22ClN3O3S/c1-21(2)16-9-7-15(8-10-16)20-18(23)11-12-22(26(3,24)25)17-6-4-5-14(19)13-17/h4-10,13H,11-12H2,1-3H3,(H,20,23). The van der Waals surface area contributed by atoms with Crippen LogP contribution in [0, 0.1) is 0 Å². The number of halogens is 1. The number of hydrogen-bond acceptors (Lipinski definition) is 4. The first-order valence-electron chi connectivity index (χ1n) is 7.97. The van der Waals surface area contributed by atoms with Gasteiger partial charge in [-0.25, -0.2) is 8.42 Å². The maximum atomic E-state index is 12.2. The van der Waals surface area contributed by atoms with Gasteiger partial charge < -0.3 is 10.2 Å². The van der Waals surface area contributed by atoms with Gasteiger partial charge in [-0.15, -0.1) is 0 Å². The third kappa shape index (κ3) is 5.64. The number of nitrogens with one attached hydrogen (secondary N) is 1. The highest BCUT2D eigenvalue weighted by molar-refractivity contribution is 7.92. The normalized spacial score (nSPS) is 11.1. The lowest BCUT2D eigenvalue weighted by molar-refractivity contribution is -0.116. The summed E-state index contributed by atoms with van der Waals surface area (Å²) in [6, 6.07) is 13.9. The fourth-order valence-corrected chi connectivity index (χ4v) is 3.49. The molecule has 0 bridgehead atoms. The van der Waals surface area contributed by atoms with Crippen LogP contribution in [0.5, 0.6) is 0 Å². The predicted molar refractivity (Wildman–Crippen MR) is 108 cm³/mol. The number of carbonyl (C=O) groups is 1. The van der Waals surface area contributed by atoms with Crippen molar-refractivity contribution in [3.05, 3.63) is 53.6 Å². The van der Waals surface area contributed by atoms with E-state index in [0.717, 1.165) is 11.9 Å². The second-order valence-corrected chi connectivity index (χ2v) is 8.40. The molecule has 0 atom stereocenters. The van der Waals surface area contributed by atoms with E-state index in [0.29, 0.717) is 16.4 Å². The first-order chi connectivity index (χ1) is 12.2. The van der Waals surface area contributed by atoms with E-state index in [1.807, 2.05) is 31.1 Å². The first kappa shape index (κ1) is 20.1. The van der Waals surface area contributed by atoms with E-state index >= 15 is 0 Å². The Kier molecular flexibility index (Phi) is 6.50. The highest BCUT2D eigenvalue weighted by Crippen LogP contribution is 2.22. The number of anilines is 3. The van der Waals surface area contributed by atoms with E-state index in [4.69, 9.17) is 11.6 Å². The molecule has 6 nitrogen and oxygen atoms in total. The summed E-state index contributed by atoms with van der Waals surface area (Å²) < 4.78 is 25.3. The molecule has 1 N–H and O–H groups in total. The lowest BCUT2D eigenvalue weighted by Crippen LogP contribution is -2.33. The molecule has 1 amide bonds. The number of hydrogen-bond donors (Lipinski definition) is 1. The van der Waals surface area contributed by atoms with Gasteiger partial charge in [-0.3, -0.25) is 9.10 Å². The summed E-state index contributed by atoms with van der Waals surface area (Å²) in [5, 5.41) is 3.20. The fourth-order valence-electron chi connectivity index (χ4n) is 2.39. The molecular formula is C18H22ClN3O3S. The fraction of sp³-hybridized carbons (Fsp3) is 0.278. The zero-order chi connectivity index (χ0) is 19.3. The van der Waals surface area contributed by atoms with Gasteiger partial charge in [-0.1, -0.05) is 17.7 Å². The van der Waals surface area contributed by atoms with Gasteiger partial charge in [0, 0.05) is 43.5 Å². The Labute approximate surface area is 159 Å². The zero-order valence-corrected chi connectivity index (χ0v) is 16.5. The molecule has 2 aromatic carbocycles. The average molecular weight is 396 g/mol. The highest BCUT2D eigenvalue weighted by Gasteiger charge is 2.19. The van der Waals surface area contributed by atoms with Gasteiger partial charge in [0.1, 0.15) is 0 Å². The smallest absolute Gasteiger partial charge is 0.232 e. The number of carbonyl (C=O) groups excluding carboxylic acids is 1. The van der Waals surface area contributed by atoms with Gasteiger partial charge in [0.2, 0.25) is 15.9 Å². The summed E-state index contributed by atoms with van der Waals surface area (Å²) in [5.41, 5.74) is 2.12. The molecule has 26 heavy (non-hydrogen) atoms. The molecular weight excluding hydrogens is 374 g/mol. The Bertz CT molecular complexity index is 868. The van der Waals surface area contributed by atoms with Crippen LogP contribution in [0.15, 0.2) is 48.5 Å². The van der Waals surface area contributed by atoms with Gasteiger partial charge in [0.25, 0.3) is 0 Å². The third-order valence-electron chi connectivity index (χ3n) is 3.71. The van der Waals surface area contributed by atoms with E-state index in [2.05, 4.69) is 5.32 Å². The van der Waals surface area contributed by atoms with Crippen LogP contribution in [0.3, 0.4) is 0 Å². The lowest BCUT2D eigenvalue weighted by Gasteiger charge is -2.22. The second kappa shape index (κ2) is 8.42. The second-order valence-electron chi connectivity index (χ2n) is 6.05. The maximum absolute atomic E-state index is 12.2. The number of rotatable bonds is 7. The summed E-state index contributed by atoms with van der Waals surface area (Å²) in [7, 11) is 0.338. The third-order valence-corrected chi connectivity index (χ3v) is 5.14. The summed E-state index contributed by atoms with van der Waals surface area (Å²) in [4.78, 5) is 14.2. The largest absolute Gasteiger partial charge is 0.378 e. The molecule has 0 aliphatic rings. The molecule has 8 heteroatoms. The minimum atomic E-state index is -3.53. The minimum Gasteiger partial charge on any atom is -0.378 e. The molecule has 0 fully saturated rings. The van der Waals surface area contributed by atoms with Gasteiger partial charge in [-0.2, -0.15) is 0 Å². The van der Waals surface area contributed by atoms with Crippen molar-refractivity contribution in [2.24, 2.45) is 0 Å². The van der Waals surface area contributed by atoms with Crippen molar-refractivity contribution in [3.8, 4) is 0 Å². The van der Waals surface area contributed by atoms with Crippen LogP contribution in [-0.4, -0.2) is 41.2 Å². The van der Waals surface area contributed by atoms with Crippen LogP contribution < -0.4 is 14.5 Å². The Morgan fingerprint density at radius 2 is 1.73 bits per heavy atom. The molecule has 0 aliphatic heterocycles. The zero-order valence-electron chi connectivity index (χ0n) is 14.9. The van der Waals surface area contributed by atoms with Crippen LogP contribution in [0.2, 0.25) is 5.02 Å². The van der Waals surface area contributed by atoms with Crippen LogP contribution in [-0.2, 0) is 14.8 Å². The van der Waals surface area contributed by atoms with Crippen molar-refractivity contribution in [1.82, 2.24) is 0 Å². The first-order valence-corrected chi connectivity index (χ1v) is 10.2. The molecule has 0 radical (unpaired) electrons. The molecule has 140 valence electrons. The molecule has 2 aromatic rings. The Morgan fingerprint density at radius 1 is 1.08 bits per heavy atom. The summed E-state index contributed by atoms with van der Waals surface area (Å²) in [6.07, 6.45) is 1.13. The molecule has 0 unspecified atom stereocenters. The van der Waals surface area contributed by atoms with Crippen LogP contribution in [0.25, 0.3) is 0 Å². The maximum Gasteiger partial charge on any atom is 0.232 e. The summed E-state index contributed by atoms with van der Waals surface area (Å²) in [5.74, 6) is -0.265. The molecule has 0 saturated carbocycles. The topological polar surface area (TPSA) is 69.7 Å². The Morgan fingerprint density at radius 3 is 2.27 bits per heavy atom. The van der Waals surface area contributed by atoms with E-state index in [1.54, 1.807) is 36.4 Å². The van der Waals surface area contributed by atoms with E-state index in [-0.39, 0.29) is 18.9 Å². The molecule has 0 saturated heterocycles. The quantitative estimate of drug-likeness (QED) is 0.781. The average Bonchev–Trinajstić information content (AvgIpc) is 2.54. The number of nitrogens with zero attached hydrogens (tertiary/aromatic N) is 2. The highest BCUT2D eigenvalue weighted by atomic mass is 35.5. The van der Waals surface area contributed by atoms with Gasteiger partial charge >= 0.3 is 0 Å². The van der Waals surface area contributed by atoms with Crippen molar-refractivity contribution in [2.45, 2.75) is 6.42 Å². The van der Waals surface area contributed by atoms with Crippen molar-refractivity contribution in [3.63, 3.8) is 0 Å². The summed E-state index contributed by atoms with van der Waals surface area (Å²) in [6.45, 7) is 0.0286. The van der Waals surface area contributed by atoms with Crippen LogP contribution in [0.4, 0.5) is 17.1 Å². The molecule has 0 aliphatic carbocycles. The monoisotopic (exact) mass is 395 g/mol. The molecule has 0 spiro atoms. The van der Waals surface area contributed by atoms with E-state index in [1.165, 1.54) is 4.31 Å². The van der Waals surface area contributed by atoms with Crippen LogP contribution in [0.1, 0.15) is 6.42 Å². The number of benzene rings is 2. The van der Waals surface area contributed by atoms with Crippen molar-refractivity contribution < 1.29 is 13.2 Å². The SMILES string of the molecule is CN(C)c1ccc(NC(=O)CCN(c2cccc(Cl)c2)S(C)(=O)=O)cc1. The molecule has 2 rings (SSSR count). The molecule has 0 heterocycles. The molecule has 0 aromatic heterocycles. The van der Waals surface area contributed by atoms with Crippen LogP contribution >= 0.6 is 11.6 Å². The van der Waals surface area contributed by atoms with Gasteiger partial charge in [0.15, 0.2) is 0 Å². The predicted octanol–water partition coefficient (Wildman–Crippen LogP) is 3.20. The van der Waals surface area contributed by atoms with E-state index in [9.17, 15) is 13.2 Å². The minimum absolute atomic E-state index is 0.0228. The number of sulfonamides is 1. The van der Waals surface area contributed by atoms with Gasteiger partial charge in [0.05, 0.1) is 11.9 Å². The van der Waals surface area contributed by atoms with Crippen molar-refractivity contribution in [1.29, 1.82) is 0 Å². The lowest BCUT2D eigenvalue weighted by atomic mass is 10.2. The Balaban J connectivity index is 2.03. The van der Waals surface area contributed by atoms with Crippen molar-refractivity contribution in [2.75, 3.05) is 41.4 Å². The summed E-state index contributed by atoms with van der Waals surface area (Å²) >= 11 is 5.94. The number of amides is 1. The van der Waals surface area contributed by atoms with Gasteiger partial charge in [-0.05, 0) is 42.5 Å². The van der Waals surface area contributed by atoms with E-state index < -0.39 is 10.0 Å². The Hall–Kier alpha value is -2.25.